The summed E-state index contributed by atoms with van der Waals surface area (Å²) in [5, 5.41) is 20.3. The number of rotatable bonds is 1. The number of hydrogen-bond acceptors (Lipinski definition) is 4. The fourth-order valence-corrected chi connectivity index (χ4v) is 7.99. The predicted octanol–water partition coefficient (Wildman–Crippen LogP) is 11.5. The highest BCUT2D eigenvalue weighted by molar-refractivity contribution is 5.98. The van der Waals surface area contributed by atoms with Crippen LogP contribution < -0.4 is 0 Å². The molecule has 11 rings (SSSR count). The minimum absolute atomic E-state index is 0.259. The summed E-state index contributed by atoms with van der Waals surface area (Å²) in [4.78, 5) is 11.7. The van der Waals surface area contributed by atoms with E-state index in [2.05, 4.69) is 121 Å². The number of ether oxygens (including phenoxy) is 2. The molecule has 0 spiro atoms. The molecular weight excluding hydrogens is 641 g/mol. The van der Waals surface area contributed by atoms with Crippen molar-refractivity contribution in [2.75, 3.05) is 13.2 Å². The van der Waals surface area contributed by atoms with Crippen LogP contribution in [0.25, 0.3) is 65.3 Å². The molecule has 8 aromatic carbocycles. The quantitative estimate of drug-likeness (QED) is 0.176. The minimum Gasteiger partial charge on any atom is -0.453 e. The highest BCUT2D eigenvalue weighted by Crippen LogP contribution is 2.49. The zero-order chi connectivity index (χ0) is 35.2. The van der Waals surface area contributed by atoms with E-state index in [0.717, 1.165) is 68.5 Å². The van der Waals surface area contributed by atoms with E-state index in [9.17, 15) is 9.90 Å². The molecule has 0 aromatic heterocycles. The van der Waals surface area contributed by atoms with Crippen LogP contribution in [0.4, 0.5) is 0 Å². The van der Waals surface area contributed by atoms with E-state index < -0.39 is 6.10 Å². The summed E-state index contributed by atoms with van der Waals surface area (Å²) in [5.74, 6) is -0.259. The number of aliphatic hydroxyl groups excluding tert-OH is 1. The van der Waals surface area contributed by atoms with Crippen LogP contribution in [0.15, 0.2) is 146 Å². The molecule has 4 heteroatoms. The molecule has 0 saturated carbocycles. The lowest BCUT2D eigenvalue weighted by molar-refractivity contribution is -0.144. The summed E-state index contributed by atoms with van der Waals surface area (Å²) in [7, 11) is 0. The number of hydrogen-bond donors (Lipinski definition) is 1. The second kappa shape index (κ2) is 13.4. The molecule has 8 aromatic rings. The summed E-state index contributed by atoms with van der Waals surface area (Å²) in [6, 6.07) is 50.6. The van der Waals surface area contributed by atoms with Gasteiger partial charge in [0.1, 0.15) is 6.10 Å². The SMILES string of the molecule is C1CCOC1.CC(=O)OC1c2cc3ccccc3cc2-c2cc3ccccc3cc21.OC1c2cc3ccccc3cc2-c2cc3ccccc3cc21. The summed E-state index contributed by atoms with van der Waals surface area (Å²) in [6.45, 7) is 3.47. The second-order valence-corrected chi connectivity index (χ2v) is 13.9. The minimum atomic E-state index is -0.529. The van der Waals surface area contributed by atoms with Crippen LogP contribution in [0.1, 0.15) is 54.2 Å². The maximum atomic E-state index is 11.7. The Morgan fingerprint density at radius 1 is 0.500 bits per heavy atom. The number of fused-ring (bicyclic) bond motifs is 10. The number of aliphatic hydroxyl groups is 1. The van der Waals surface area contributed by atoms with Gasteiger partial charge in [-0.1, -0.05) is 97.1 Å². The maximum absolute atomic E-state index is 11.7. The zero-order valence-electron chi connectivity index (χ0n) is 29.0. The molecule has 0 bridgehead atoms. The third kappa shape index (κ3) is 5.80. The molecule has 1 saturated heterocycles. The third-order valence-electron chi connectivity index (χ3n) is 10.5. The standard InChI is InChI=1S/C23H16O2.C21H14O.C4H8O/c1-14(24)25-23-21-12-17-8-4-2-6-15(17)10-19(21)20-11-16-7-3-5-9-18(16)13-22(20)23;22-21-19-11-15-7-3-1-5-13(15)9-17(19)18-10-14-6-2-4-8-16(14)12-20(18)21;1-2-4-5-3-1/h2-13,23H,1H3;1-12,21-22H;1-4H2. The fraction of sp³-hybridized carbons (Fsp3) is 0.146. The normalized spacial score (nSPS) is 14.3. The van der Waals surface area contributed by atoms with Crippen molar-refractivity contribution in [3.05, 3.63) is 168 Å². The highest BCUT2D eigenvalue weighted by Gasteiger charge is 2.32. The lowest BCUT2D eigenvalue weighted by Gasteiger charge is -2.14. The van der Waals surface area contributed by atoms with Crippen LogP contribution >= 0.6 is 0 Å². The summed E-state index contributed by atoms with van der Waals surface area (Å²) in [5.41, 5.74) is 8.81. The molecule has 2 aliphatic carbocycles. The predicted molar refractivity (Wildman–Crippen MR) is 212 cm³/mol. The van der Waals surface area contributed by atoms with E-state index in [4.69, 9.17) is 9.47 Å². The molecule has 0 amide bonds. The Kier molecular flexibility index (Phi) is 8.27. The van der Waals surface area contributed by atoms with E-state index in [1.54, 1.807) is 0 Å². The number of benzene rings is 8. The van der Waals surface area contributed by atoms with E-state index in [1.807, 2.05) is 24.3 Å². The van der Waals surface area contributed by atoms with Crippen molar-refractivity contribution in [1.82, 2.24) is 0 Å². The van der Waals surface area contributed by atoms with Gasteiger partial charge in [0.25, 0.3) is 0 Å². The second-order valence-electron chi connectivity index (χ2n) is 13.9. The lowest BCUT2D eigenvalue weighted by Crippen LogP contribution is -2.07. The first-order chi connectivity index (χ1) is 25.5. The Balaban J connectivity index is 0.000000123. The van der Waals surface area contributed by atoms with Gasteiger partial charge in [0.2, 0.25) is 0 Å². The molecule has 1 N–H and O–H groups in total. The van der Waals surface area contributed by atoms with Gasteiger partial charge in [-0.15, -0.1) is 0 Å². The Bertz CT molecular complexity index is 2470. The largest absolute Gasteiger partial charge is 0.453 e. The van der Waals surface area contributed by atoms with Crippen LogP contribution in [-0.4, -0.2) is 24.3 Å². The van der Waals surface area contributed by atoms with Gasteiger partial charge < -0.3 is 14.6 Å². The van der Waals surface area contributed by atoms with Crippen molar-refractivity contribution < 1.29 is 19.4 Å². The Hall–Kier alpha value is -5.81. The van der Waals surface area contributed by atoms with Gasteiger partial charge in [0.05, 0.1) is 0 Å². The maximum Gasteiger partial charge on any atom is 0.303 e. The van der Waals surface area contributed by atoms with E-state index in [1.165, 1.54) is 52.1 Å². The number of esters is 1. The van der Waals surface area contributed by atoms with Gasteiger partial charge in [-0.25, -0.2) is 0 Å². The summed E-state index contributed by atoms with van der Waals surface area (Å²) in [6.07, 6.45) is 1.69. The first-order valence-corrected chi connectivity index (χ1v) is 18.1. The number of carbonyl (C=O) groups is 1. The van der Waals surface area contributed by atoms with E-state index >= 15 is 0 Å². The average molecular weight is 679 g/mol. The van der Waals surface area contributed by atoms with Crippen molar-refractivity contribution in [2.45, 2.75) is 32.0 Å². The zero-order valence-corrected chi connectivity index (χ0v) is 29.0. The molecule has 1 aliphatic heterocycles. The molecule has 254 valence electrons. The van der Waals surface area contributed by atoms with Crippen LogP contribution in [0.3, 0.4) is 0 Å². The molecule has 4 nitrogen and oxygen atoms in total. The summed E-state index contributed by atoms with van der Waals surface area (Å²) >= 11 is 0. The van der Waals surface area contributed by atoms with E-state index in [0.29, 0.717) is 0 Å². The topological polar surface area (TPSA) is 55.8 Å². The fourth-order valence-electron chi connectivity index (χ4n) is 7.99. The van der Waals surface area contributed by atoms with Gasteiger partial charge in [0.15, 0.2) is 6.10 Å². The molecule has 1 fully saturated rings. The lowest BCUT2D eigenvalue weighted by atomic mass is 9.99. The number of carbonyl (C=O) groups excluding carboxylic acids is 1. The highest BCUT2D eigenvalue weighted by atomic mass is 16.5. The Morgan fingerprint density at radius 2 is 0.788 bits per heavy atom. The van der Waals surface area contributed by atoms with Crippen molar-refractivity contribution in [3.63, 3.8) is 0 Å². The van der Waals surface area contributed by atoms with Crippen LogP contribution in [0.2, 0.25) is 0 Å². The van der Waals surface area contributed by atoms with Crippen molar-refractivity contribution in [1.29, 1.82) is 0 Å². The van der Waals surface area contributed by atoms with Crippen molar-refractivity contribution in [2.24, 2.45) is 0 Å². The third-order valence-corrected chi connectivity index (χ3v) is 10.5. The van der Waals surface area contributed by atoms with Crippen molar-refractivity contribution >= 4 is 49.1 Å². The van der Waals surface area contributed by atoms with Gasteiger partial charge in [0, 0.05) is 31.3 Å². The van der Waals surface area contributed by atoms with Crippen LogP contribution in [-0.2, 0) is 14.3 Å². The molecule has 0 radical (unpaired) electrons. The van der Waals surface area contributed by atoms with Gasteiger partial charge >= 0.3 is 5.97 Å². The molecule has 0 unspecified atom stereocenters. The van der Waals surface area contributed by atoms with Crippen molar-refractivity contribution in [3.8, 4) is 22.3 Å². The molecule has 52 heavy (non-hydrogen) atoms. The van der Waals surface area contributed by atoms with Gasteiger partial charge in [-0.3, -0.25) is 4.79 Å². The first kappa shape index (κ1) is 32.1. The molecular formula is C48H38O4. The first-order valence-electron chi connectivity index (χ1n) is 18.1. The van der Waals surface area contributed by atoms with Gasteiger partial charge in [-0.05, 0) is 138 Å². The van der Waals surface area contributed by atoms with Crippen LogP contribution in [0, 0.1) is 0 Å². The monoisotopic (exact) mass is 678 g/mol. The average Bonchev–Trinajstić information content (AvgIpc) is 3.92. The summed E-state index contributed by atoms with van der Waals surface area (Å²) < 4.78 is 10.7. The molecule has 0 atom stereocenters. The van der Waals surface area contributed by atoms with Gasteiger partial charge in [-0.2, -0.15) is 0 Å². The van der Waals surface area contributed by atoms with Crippen LogP contribution in [0.5, 0.6) is 0 Å². The molecule has 1 heterocycles. The smallest absolute Gasteiger partial charge is 0.303 e. The molecule has 3 aliphatic rings. The Morgan fingerprint density at radius 3 is 1.08 bits per heavy atom. The Labute approximate surface area is 302 Å². The van der Waals surface area contributed by atoms with E-state index in [-0.39, 0.29) is 12.1 Å².